The summed E-state index contributed by atoms with van der Waals surface area (Å²) in [6.45, 7) is 2.45. The van der Waals surface area contributed by atoms with Crippen LogP contribution in [0.5, 0.6) is 0 Å². The normalized spacial score (nSPS) is 23.4. The molecule has 28 heavy (non-hydrogen) atoms. The lowest BCUT2D eigenvalue weighted by atomic mass is 9.79. The van der Waals surface area contributed by atoms with Gasteiger partial charge in [0.1, 0.15) is 0 Å². The predicted octanol–water partition coefficient (Wildman–Crippen LogP) is 1.59. The van der Waals surface area contributed by atoms with Crippen molar-refractivity contribution in [1.82, 2.24) is 25.1 Å². The number of hydrogen-bond donors (Lipinski definition) is 2. The quantitative estimate of drug-likeness (QED) is 0.830. The molecular weight excluding hydrogens is 354 g/mol. The molecule has 146 valence electrons. The molecule has 3 aliphatic rings. The third kappa shape index (κ3) is 2.57. The van der Waals surface area contributed by atoms with Gasteiger partial charge in [0, 0.05) is 37.3 Å². The Morgan fingerprint density at radius 3 is 2.86 bits per heavy atom. The fourth-order valence-electron chi connectivity index (χ4n) is 5.12. The first-order valence-corrected chi connectivity index (χ1v) is 10.00. The molecule has 0 bridgehead atoms. The molecule has 1 aromatic heterocycles. The third-order valence-electron chi connectivity index (χ3n) is 6.80. The molecule has 1 unspecified atom stereocenters. The second kappa shape index (κ2) is 6.44. The molecule has 7 heteroatoms. The van der Waals surface area contributed by atoms with Crippen LogP contribution in [0.1, 0.15) is 52.6 Å². The third-order valence-corrected chi connectivity index (χ3v) is 6.80. The molecule has 1 fully saturated rings. The Morgan fingerprint density at radius 1 is 1.25 bits per heavy atom. The molecule has 1 aromatic carbocycles. The molecule has 0 aliphatic carbocycles. The largest absolute Gasteiger partial charge is 0.348 e. The molecule has 2 aromatic rings. The molecule has 7 nitrogen and oxygen atoms in total. The molecule has 2 N–H and O–H groups in total. The highest BCUT2D eigenvalue weighted by atomic mass is 16.2. The van der Waals surface area contributed by atoms with Crippen LogP contribution in [-0.4, -0.2) is 58.3 Å². The summed E-state index contributed by atoms with van der Waals surface area (Å²) < 4.78 is 0. The highest BCUT2D eigenvalue weighted by molar-refractivity contribution is 5.99. The van der Waals surface area contributed by atoms with Gasteiger partial charge in [-0.2, -0.15) is 0 Å². The maximum absolute atomic E-state index is 13.0. The number of nitrogens with one attached hydrogen (secondary N) is 2. The maximum atomic E-state index is 13.0. The van der Waals surface area contributed by atoms with Gasteiger partial charge in [-0.15, -0.1) is 0 Å². The van der Waals surface area contributed by atoms with E-state index in [2.05, 4.69) is 27.2 Å². The van der Waals surface area contributed by atoms with Crippen molar-refractivity contribution in [3.8, 4) is 0 Å². The SMILES string of the molecule is CN1CCc2[nH]cnc2C12CCN(C(=O)CC1NC(=O)c3ccccc31)CC2. The lowest BCUT2D eigenvalue weighted by Gasteiger charge is -2.49. The van der Waals surface area contributed by atoms with Gasteiger partial charge in [-0.3, -0.25) is 14.5 Å². The molecule has 0 saturated carbocycles. The number of benzene rings is 1. The Morgan fingerprint density at radius 2 is 2.04 bits per heavy atom. The topological polar surface area (TPSA) is 81.3 Å². The number of aromatic nitrogens is 2. The second-order valence-corrected chi connectivity index (χ2v) is 8.13. The number of fused-ring (bicyclic) bond motifs is 3. The molecule has 1 atom stereocenters. The van der Waals surface area contributed by atoms with E-state index in [0.717, 1.165) is 50.2 Å². The molecule has 3 aliphatic heterocycles. The van der Waals surface area contributed by atoms with Crippen LogP contribution in [0.3, 0.4) is 0 Å². The number of piperidine rings is 1. The predicted molar refractivity (Wildman–Crippen MR) is 104 cm³/mol. The van der Waals surface area contributed by atoms with Crippen molar-refractivity contribution >= 4 is 11.8 Å². The summed E-state index contributed by atoms with van der Waals surface area (Å²) in [6, 6.07) is 7.31. The fourth-order valence-corrected chi connectivity index (χ4v) is 5.12. The summed E-state index contributed by atoms with van der Waals surface area (Å²) >= 11 is 0. The van der Waals surface area contributed by atoms with E-state index in [-0.39, 0.29) is 23.4 Å². The van der Waals surface area contributed by atoms with Gasteiger partial charge < -0.3 is 15.2 Å². The van der Waals surface area contributed by atoms with Crippen LogP contribution in [0.25, 0.3) is 0 Å². The number of carbonyl (C=O) groups is 2. The molecule has 4 heterocycles. The second-order valence-electron chi connectivity index (χ2n) is 8.13. The van der Waals surface area contributed by atoms with E-state index < -0.39 is 0 Å². The summed E-state index contributed by atoms with van der Waals surface area (Å²) in [4.78, 5) is 37.3. The monoisotopic (exact) mass is 379 g/mol. The maximum Gasteiger partial charge on any atom is 0.252 e. The Balaban J connectivity index is 1.28. The molecule has 1 saturated heterocycles. The number of amides is 2. The molecule has 0 radical (unpaired) electrons. The number of H-pyrrole nitrogens is 1. The standard InChI is InChI=1S/C21H25N5O2/c1-25-9-6-16-19(23-13-22-16)21(25)7-10-26(11-8-21)18(27)12-17-14-4-2-3-5-15(14)20(28)24-17/h2-5,13,17H,6-12H2,1H3,(H,22,23)(H,24,28). The number of hydrogen-bond acceptors (Lipinski definition) is 4. The van der Waals surface area contributed by atoms with Crippen LogP contribution in [-0.2, 0) is 16.8 Å². The van der Waals surface area contributed by atoms with Crippen LogP contribution in [0.2, 0.25) is 0 Å². The number of nitrogens with zero attached hydrogens (tertiary/aromatic N) is 3. The summed E-state index contributed by atoms with van der Waals surface area (Å²) in [6.07, 6.45) is 4.89. The average molecular weight is 379 g/mol. The van der Waals surface area contributed by atoms with Crippen molar-refractivity contribution in [3.63, 3.8) is 0 Å². The zero-order valence-electron chi connectivity index (χ0n) is 16.1. The zero-order valence-corrected chi connectivity index (χ0v) is 16.1. The number of carbonyl (C=O) groups excluding carboxylic acids is 2. The molecular formula is C21H25N5O2. The van der Waals surface area contributed by atoms with Crippen LogP contribution < -0.4 is 5.32 Å². The number of rotatable bonds is 2. The van der Waals surface area contributed by atoms with E-state index in [9.17, 15) is 9.59 Å². The summed E-state index contributed by atoms with van der Waals surface area (Å²) in [5.41, 5.74) is 3.95. The summed E-state index contributed by atoms with van der Waals surface area (Å²) in [5.74, 6) is 0.0263. The van der Waals surface area contributed by atoms with Gasteiger partial charge in [-0.05, 0) is 31.5 Å². The number of imidazole rings is 1. The Hall–Kier alpha value is -2.67. The van der Waals surface area contributed by atoms with E-state index >= 15 is 0 Å². The first kappa shape index (κ1) is 17.4. The zero-order chi connectivity index (χ0) is 19.3. The van der Waals surface area contributed by atoms with E-state index in [0.29, 0.717) is 12.0 Å². The minimum Gasteiger partial charge on any atom is -0.348 e. The number of likely N-dealkylation sites (N-methyl/N-ethyl adjacent to an activating group) is 1. The van der Waals surface area contributed by atoms with Crippen molar-refractivity contribution in [2.75, 3.05) is 26.7 Å². The van der Waals surface area contributed by atoms with Crippen LogP contribution in [0, 0.1) is 0 Å². The van der Waals surface area contributed by atoms with E-state index in [1.54, 1.807) is 6.33 Å². The van der Waals surface area contributed by atoms with Crippen molar-refractivity contribution in [3.05, 3.63) is 53.1 Å². The first-order valence-electron chi connectivity index (χ1n) is 10.00. The average Bonchev–Trinajstić information content (AvgIpc) is 3.32. The van der Waals surface area contributed by atoms with Crippen LogP contribution >= 0.6 is 0 Å². The minimum atomic E-state index is -0.220. The van der Waals surface area contributed by atoms with Crippen molar-refractivity contribution < 1.29 is 9.59 Å². The number of aromatic amines is 1. The van der Waals surface area contributed by atoms with Gasteiger partial charge in [0.05, 0.1) is 30.0 Å². The van der Waals surface area contributed by atoms with Gasteiger partial charge in [-0.25, -0.2) is 4.98 Å². The van der Waals surface area contributed by atoms with Gasteiger partial charge in [-0.1, -0.05) is 18.2 Å². The summed E-state index contributed by atoms with van der Waals surface area (Å²) in [7, 11) is 2.17. The number of likely N-dealkylation sites (tertiary alicyclic amines) is 1. The Kier molecular flexibility index (Phi) is 4.01. The summed E-state index contributed by atoms with van der Waals surface area (Å²) in [5, 5.41) is 2.95. The van der Waals surface area contributed by atoms with Crippen LogP contribution in [0.15, 0.2) is 30.6 Å². The van der Waals surface area contributed by atoms with Gasteiger partial charge >= 0.3 is 0 Å². The van der Waals surface area contributed by atoms with E-state index in [1.807, 2.05) is 29.2 Å². The first-order chi connectivity index (χ1) is 13.6. The Bertz CT molecular complexity index is 928. The molecule has 1 spiro atoms. The van der Waals surface area contributed by atoms with Gasteiger partial charge in [0.15, 0.2) is 0 Å². The molecule has 2 amide bonds. The van der Waals surface area contributed by atoms with Crippen LogP contribution in [0.4, 0.5) is 0 Å². The molecule has 5 rings (SSSR count). The minimum absolute atomic E-state index is 0.0709. The smallest absolute Gasteiger partial charge is 0.252 e. The lowest BCUT2D eigenvalue weighted by Crippen LogP contribution is -2.55. The van der Waals surface area contributed by atoms with E-state index in [1.165, 1.54) is 5.69 Å². The van der Waals surface area contributed by atoms with Gasteiger partial charge in [0.25, 0.3) is 5.91 Å². The lowest BCUT2D eigenvalue weighted by molar-refractivity contribution is -0.134. The van der Waals surface area contributed by atoms with Crippen molar-refractivity contribution in [1.29, 1.82) is 0 Å². The fraction of sp³-hybridized carbons (Fsp3) is 0.476. The van der Waals surface area contributed by atoms with E-state index in [4.69, 9.17) is 0 Å². The van der Waals surface area contributed by atoms with Crippen molar-refractivity contribution in [2.45, 2.75) is 37.3 Å². The Labute approximate surface area is 164 Å². The van der Waals surface area contributed by atoms with Gasteiger partial charge in [0.2, 0.25) is 5.91 Å². The highest BCUT2D eigenvalue weighted by Crippen LogP contribution is 2.41. The van der Waals surface area contributed by atoms with Crippen molar-refractivity contribution in [2.24, 2.45) is 0 Å². The highest BCUT2D eigenvalue weighted by Gasteiger charge is 2.45.